The van der Waals surface area contributed by atoms with Crippen LogP contribution in [0, 0.1) is 0 Å². The van der Waals surface area contributed by atoms with Crippen molar-refractivity contribution in [3.63, 3.8) is 0 Å². The number of thiazole rings is 1. The van der Waals surface area contributed by atoms with Crippen LogP contribution in [0.5, 0.6) is 0 Å². The predicted octanol–water partition coefficient (Wildman–Crippen LogP) is 1.54. The summed E-state index contributed by atoms with van der Waals surface area (Å²) >= 11 is 1.11. The van der Waals surface area contributed by atoms with Crippen molar-refractivity contribution in [3.8, 4) is 0 Å². The number of anilines is 1. The van der Waals surface area contributed by atoms with E-state index in [-0.39, 0.29) is 37.3 Å². The number of hydrogen-bond donors (Lipinski definition) is 1. The summed E-state index contributed by atoms with van der Waals surface area (Å²) in [6, 6.07) is 0. The fraction of sp³-hybridized carbons (Fsp3) is 0.571. The lowest BCUT2D eigenvalue weighted by atomic mass is 10.1. The molecule has 0 aliphatic carbocycles. The number of aryl methyl sites for hydroxylation is 1. The van der Waals surface area contributed by atoms with Crippen LogP contribution in [0.1, 0.15) is 41.8 Å². The second-order valence-electron chi connectivity index (χ2n) is 7.58. The average molecular weight is 463 g/mol. The minimum Gasteiger partial charge on any atom is -0.384 e. The highest BCUT2D eigenvalue weighted by Gasteiger charge is 2.26. The monoisotopic (exact) mass is 462 g/mol. The molecule has 1 aliphatic heterocycles. The van der Waals surface area contributed by atoms with Gasteiger partial charge in [0.05, 0.1) is 25.6 Å². The Balaban J connectivity index is 1.59. The zero-order chi connectivity index (χ0) is 22.8. The highest BCUT2D eigenvalue weighted by atomic mass is 32.1. The van der Waals surface area contributed by atoms with Crippen LogP contribution in [0.3, 0.4) is 0 Å². The Morgan fingerprint density at radius 1 is 1.25 bits per heavy atom. The number of nitrogens with one attached hydrogen (secondary N) is 1. The molecule has 0 saturated carbocycles. The highest BCUT2D eigenvalue weighted by Crippen LogP contribution is 2.24. The lowest BCUT2D eigenvalue weighted by molar-refractivity contribution is -0.132. The number of amides is 3. The molecule has 0 atom stereocenters. The zero-order valence-corrected chi connectivity index (χ0v) is 19.2. The largest absolute Gasteiger partial charge is 0.384 e. The van der Waals surface area contributed by atoms with E-state index in [0.717, 1.165) is 43.6 Å². The molecule has 32 heavy (non-hydrogen) atoms. The normalized spacial score (nSPS) is 13.7. The van der Waals surface area contributed by atoms with Crippen LogP contribution < -0.4 is 10.2 Å². The maximum atomic E-state index is 12.8. The molecule has 1 aliphatic rings. The number of aromatic nitrogens is 3. The van der Waals surface area contributed by atoms with Crippen LogP contribution >= 0.6 is 11.3 Å². The van der Waals surface area contributed by atoms with E-state index in [0.29, 0.717) is 29.6 Å². The third-order valence-electron chi connectivity index (χ3n) is 5.21. The topological polar surface area (TPSA) is 110 Å². The average Bonchev–Trinajstić information content (AvgIpc) is 3.51. The van der Waals surface area contributed by atoms with Crippen molar-refractivity contribution < 1.29 is 19.1 Å². The molecule has 2 aromatic rings. The molecule has 0 unspecified atom stereocenters. The van der Waals surface area contributed by atoms with Crippen LogP contribution in [0.2, 0.25) is 0 Å². The number of likely N-dealkylation sites (tertiary alicyclic amines) is 1. The van der Waals surface area contributed by atoms with Gasteiger partial charge in [0.2, 0.25) is 11.8 Å². The number of piperidine rings is 1. The number of nitrogens with zero attached hydrogens (tertiary/aromatic N) is 5. The fourth-order valence-corrected chi connectivity index (χ4v) is 4.28. The number of carbonyl (C=O) groups is 3. The molecule has 0 spiro atoms. The third-order valence-corrected chi connectivity index (χ3v) is 6.23. The number of ether oxygens (including phenoxy) is 1. The Hall–Kier alpha value is -2.79. The van der Waals surface area contributed by atoms with E-state index in [4.69, 9.17) is 4.74 Å². The Kier molecular flexibility index (Phi) is 9.17. The maximum absolute atomic E-state index is 12.8. The molecule has 10 nitrogen and oxygen atoms in total. The SMILES string of the molecule is COCCC(=O)N(CC(=O)N1CCCCC1)c1ncc(C(=O)NCCCn2ccnc2)s1. The minimum atomic E-state index is -0.251. The van der Waals surface area contributed by atoms with Gasteiger partial charge in [0.1, 0.15) is 11.4 Å². The summed E-state index contributed by atoms with van der Waals surface area (Å²) in [5.41, 5.74) is 0. The van der Waals surface area contributed by atoms with E-state index in [9.17, 15) is 14.4 Å². The molecule has 11 heteroatoms. The van der Waals surface area contributed by atoms with E-state index in [1.165, 1.54) is 18.2 Å². The van der Waals surface area contributed by atoms with Crippen molar-refractivity contribution in [1.82, 2.24) is 24.8 Å². The number of imidazole rings is 1. The Morgan fingerprint density at radius 2 is 2.06 bits per heavy atom. The van der Waals surface area contributed by atoms with Gasteiger partial charge in [-0.3, -0.25) is 19.3 Å². The highest BCUT2D eigenvalue weighted by molar-refractivity contribution is 7.17. The van der Waals surface area contributed by atoms with E-state index >= 15 is 0 Å². The number of hydrogen-bond acceptors (Lipinski definition) is 7. The number of carbonyl (C=O) groups excluding carboxylic acids is 3. The molecule has 2 aromatic heterocycles. The van der Waals surface area contributed by atoms with E-state index in [1.807, 2.05) is 10.8 Å². The standard InChI is InChI=1S/C21H30N6O4S/c1-31-13-6-18(28)27(15-19(29)26-10-3-2-4-11-26)21-24-14-17(32-21)20(30)23-7-5-9-25-12-8-22-16-25/h8,12,14,16H,2-7,9-11,13,15H2,1H3,(H,23,30). The van der Waals surface area contributed by atoms with Crippen molar-refractivity contribution in [2.24, 2.45) is 0 Å². The van der Waals surface area contributed by atoms with E-state index in [2.05, 4.69) is 15.3 Å². The summed E-state index contributed by atoms with van der Waals surface area (Å²) in [6.45, 7) is 2.86. The number of methoxy groups -OCH3 is 1. The first-order chi connectivity index (χ1) is 15.6. The summed E-state index contributed by atoms with van der Waals surface area (Å²) < 4.78 is 6.96. The van der Waals surface area contributed by atoms with Crippen LogP contribution in [0.4, 0.5) is 5.13 Å². The molecule has 0 aromatic carbocycles. The van der Waals surface area contributed by atoms with Crippen LogP contribution in [-0.4, -0.2) is 77.1 Å². The van der Waals surface area contributed by atoms with Crippen LogP contribution in [0.25, 0.3) is 0 Å². The molecule has 3 rings (SSSR count). The van der Waals surface area contributed by atoms with Gasteiger partial charge in [0.15, 0.2) is 5.13 Å². The third kappa shape index (κ3) is 6.86. The zero-order valence-electron chi connectivity index (χ0n) is 18.4. The van der Waals surface area contributed by atoms with Gasteiger partial charge in [0, 0.05) is 45.7 Å². The molecular weight excluding hydrogens is 432 g/mol. The Bertz CT molecular complexity index is 879. The van der Waals surface area contributed by atoms with Gasteiger partial charge in [-0.2, -0.15) is 0 Å². The van der Waals surface area contributed by atoms with Crippen LogP contribution in [-0.2, 0) is 20.9 Å². The van der Waals surface area contributed by atoms with Crippen molar-refractivity contribution >= 4 is 34.2 Å². The maximum Gasteiger partial charge on any atom is 0.263 e. The lowest BCUT2D eigenvalue weighted by Crippen LogP contribution is -2.45. The molecule has 1 N–H and O–H groups in total. The summed E-state index contributed by atoms with van der Waals surface area (Å²) in [7, 11) is 1.52. The molecule has 174 valence electrons. The second kappa shape index (κ2) is 12.3. The van der Waals surface area contributed by atoms with E-state index < -0.39 is 0 Å². The van der Waals surface area contributed by atoms with Gasteiger partial charge in [-0.1, -0.05) is 11.3 Å². The van der Waals surface area contributed by atoms with Crippen molar-refractivity contribution in [3.05, 3.63) is 29.8 Å². The fourth-order valence-electron chi connectivity index (χ4n) is 3.43. The Morgan fingerprint density at radius 3 is 2.78 bits per heavy atom. The van der Waals surface area contributed by atoms with Crippen molar-refractivity contribution in [1.29, 1.82) is 0 Å². The van der Waals surface area contributed by atoms with Crippen LogP contribution in [0.15, 0.2) is 24.9 Å². The van der Waals surface area contributed by atoms with Gasteiger partial charge in [-0.15, -0.1) is 0 Å². The quantitative estimate of drug-likeness (QED) is 0.508. The van der Waals surface area contributed by atoms with Gasteiger partial charge in [0.25, 0.3) is 5.91 Å². The molecule has 3 amide bonds. The summed E-state index contributed by atoms with van der Waals surface area (Å²) in [5, 5.41) is 3.22. The molecule has 1 fully saturated rings. The second-order valence-corrected chi connectivity index (χ2v) is 8.59. The molecule has 3 heterocycles. The first-order valence-electron chi connectivity index (χ1n) is 10.9. The summed E-state index contributed by atoms with van der Waals surface area (Å²) in [4.78, 5) is 49.8. The molecule has 1 saturated heterocycles. The lowest BCUT2D eigenvalue weighted by Gasteiger charge is -2.29. The van der Waals surface area contributed by atoms with Gasteiger partial charge < -0.3 is 19.5 Å². The molecular formula is C21H30N6O4S. The minimum absolute atomic E-state index is 0.0813. The first kappa shape index (κ1) is 23.9. The summed E-state index contributed by atoms with van der Waals surface area (Å²) in [6.07, 6.45) is 10.7. The van der Waals surface area contributed by atoms with Crippen molar-refractivity contribution in [2.45, 2.75) is 38.6 Å². The Labute approximate surface area is 191 Å². The van der Waals surface area contributed by atoms with Gasteiger partial charge in [-0.05, 0) is 25.7 Å². The molecule has 0 bridgehead atoms. The summed E-state index contributed by atoms with van der Waals surface area (Å²) in [5.74, 6) is -0.596. The van der Waals surface area contributed by atoms with E-state index in [1.54, 1.807) is 17.4 Å². The smallest absolute Gasteiger partial charge is 0.263 e. The number of rotatable bonds is 11. The predicted molar refractivity (Wildman–Crippen MR) is 121 cm³/mol. The first-order valence-corrected chi connectivity index (χ1v) is 11.7. The van der Waals surface area contributed by atoms with Crippen molar-refractivity contribution in [2.75, 3.05) is 44.8 Å². The molecule has 0 radical (unpaired) electrons. The van der Waals surface area contributed by atoms with Gasteiger partial charge in [-0.25, -0.2) is 9.97 Å². The van der Waals surface area contributed by atoms with Gasteiger partial charge >= 0.3 is 0 Å².